The van der Waals surface area contributed by atoms with Crippen molar-refractivity contribution < 1.29 is 0 Å². The number of hydrogen-bond donors (Lipinski definition) is 2. The average molecular weight is 450 g/mol. The summed E-state index contributed by atoms with van der Waals surface area (Å²) in [5.74, 6) is 0.887. The Morgan fingerprint density at radius 1 is 1.17 bits per heavy atom. The van der Waals surface area contributed by atoms with Gasteiger partial charge in [0.2, 0.25) is 0 Å². The first-order chi connectivity index (χ1) is 11.1. The molecule has 140 valence electrons. The lowest BCUT2D eigenvalue weighted by atomic mass is 10.3. The van der Waals surface area contributed by atoms with E-state index in [2.05, 4.69) is 57.1 Å². The molecule has 24 heavy (non-hydrogen) atoms. The van der Waals surface area contributed by atoms with E-state index in [9.17, 15) is 0 Å². The molecule has 1 aromatic rings. The Morgan fingerprint density at radius 2 is 1.79 bits per heavy atom. The van der Waals surface area contributed by atoms with E-state index < -0.39 is 0 Å². The summed E-state index contributed by atoms with van der Waals surface area (Å²) in [4.78, 5) is 6.71. The molecule has 2 N–H and O–H groups in total. The summed E-state index contributed by atoms with van der Waals surface area (Å²) in [6.07, 6.45) is 2.16. The van der Waals surface area contributed by atoms with Crippen molar-refractivity contribution in [1.82, 2.24) is 25.3 Å². The first kappa shape index (κ1) is 23.2. The van der Waals surface area contributed by atoms with Gasteiger partial charge in [-0.15, -0.1) is 24.0 Å². The second-order valence-electron chi connectivity index (χ2n) is 5.81. The van der Waals surface area contributed by atoms with Gasteiger partial charge in [-0.3, -0.25) is 9.67 Å². The number of aliphatic imine (C=N–C) groups is 1. The first-order valence-corrected chi connectivity index (χ1v) is 8.78. The van der Waals surface area contributed by atoms with Crippen molar-refractivity contribution in [3.8, 4) is 0 Å². The van der Waals surface area contributed by atoms with Crippen LogP contribution in [0, 0.1) is 13.8 Å². The lowest BCUT2D eigenvalue weighted by Gasteiger charge is -2.18. The van der Waals surface area contributed by atoms with Crippen LogP contribution in [0.25, 0.3) is 0 Å². The zero-order chi connectivity index (χ0) is 17.1. The molecule has 0 aliphatic rings. The van der Waals surface area contributed by atoms with Gasteiger partial charge < -0.3 is 15.5 Å². The van der Waals surface area contributed by atoms with Gasteiger partial charge in [-0.05, 0) is 52.4 Å². The molecule has 7 heteroatoms. The minimum absolute atomic E-state index is 0. The first-order valence-electron chi connectivity index (χ1n) is 8.78. The molecule has 0 unspecified atom stereocenters. The molecular formula is C17H35IN6. The molecule has 0 bridgehead atoms. The number of rotatable bonds is 10. The third kappa shape index (κ3) is 8.86. The second-order valence-corrected chi connectivity index (χ2v) is 5.81. The van der Waals surface area contributed by atoms with Gasteiger partial charge in [0.05, 0.1) is 5.69 Å². The number of halogens is 1. The van der Waals surface area contributed by atoms with Crippen LogP contribution in [0.2, 0.25) is 0 Å². The predicted molar refractivity (Wildman–Crippen MR) is 114 cm³/mol. The molecule has 0 aromatic carbocycles. The van der Waals surface area contributed by atoms with Crippen molar-refractivity contribution in [3.05, 3.63) is 17.5 Å². The summed E-state index contributed by atoms with van der Waals surface area (Å²) in [6.45, 7) is 14.7. The fourth-order valence-corrected chi connectivity index (χ4v) is 2.61. The molecule has 1 heterocycles. The number of nitrogens with zero attached hydrogens (tertiary/aromatic N) is 4. The Kier molecular flexibility index (Phi) is 13.0. The summed E-state index contributed by atoms with van der Waals surface area (Å²) < 4.78 is 2.07. The Bertz CT molecular complexity index is 468. The van der Waals surface area contributed by atoms with Crippen LogP contribution in [0.1, 0.15) is 38.1 Å². The molecule has 0 aliphatic carbocycles. The molecule has 0 fully saturated rings. The molecule has 0 saturated heterocycles. The van der Waals surface area contributed by atoms with E-state index in [1.807, 2.05) is 14.0 Å². The third-order valence-corrected chi connectivity index (χ3v) is 4.00. The maximum Gasteiger partial charge on any atom is 0.190 e. The molecule has 0 aliphatic heterocycles. The van der Waals surface area contributed by atoms with E-state index in [0.29, 0.717) is 0 Å². The third-order valence-electron chi connectivity index (χ3n) is 4.00. The zero-order valence-corrected chi connectivity index (χ0v) is 18.3. The Balaban J connectivity index is 0.00000529. The van der Waals surface area contributed by atoms with E-state index in [-0.39, 0.29) is 24.0 Å². The van der Waals surface area contributed by atoms with Crippen LogP contribution in [-0.2, 0) is 6.54 Å². The van der Waals surface area contributed by atoms with Gasteiger partial charge in [0.25, 0.3) is 0 Å². The fourth-order valence-electron chi connectivity index (χ4n) is 2.61. The minimum Gasteiger partial charge on any atom is -0.356 e. The predicted octanol–water partition coefficient (Wildman–Crippen LogP) is 2.40. The van der Waals surface area contributed by atoms with Crippen LogP contribution in [-0.4, -0.2) is 60.4 Å². The number of aromatic nitrogens is 2. The number of nitrogens with one attached hydrogen (secondary N) is 2. The molecule has 6 nitrogen and oxygen atoms in total. The number of guanidine groups is 1. The topological polar surface area (TPSA) is 57.5 Å². The van der Waals surface area contributed by atoms with Gasteiger partial charge >= 0.3 is 0 Å². The van der Waals surface area contributed by atoms with Gasteiger partial charge in [0.15, 0.2) is 5.96 Å². The molecule has 0 radical (unpaired) electrons. The highest BCUT2D eigenvalue weighted by Gasteiger charge is 2.02. The minimum atomic E-state index is 0. The molecule has 0 amide bonds. The molecule has 0 spiro atoms. The van der Waals surface area contributed by atoms with Gasteiger partial charge in [-0.1, -0.05) is 13.8 Å². The van der Waals surface area contributed by atoms with E-state index >= 15 is 0 Å². The molecular weight excluding hydrogens is 415 g/mol. The van der Waals surface area contributed by atoms with Gasteiger partial charge in [0, 0.05) is 32.4 Å². The summed E-state index contributed by atoms with van der Waals surface area (Å²) in [6, 6.07) is 2.11. The Morgan fingerprint density at radius 3 is 2.29 bits per heavy atom. The van der Waals surface area contributed by atoms with Crippen LogP contribution in [0.5, 0.6) is 0 Å². The van der Waals surface area contributed by atoms with E-state index in [4.69, 9.17) is 0 Å². The summed E-state index contributed by atoms with van der Waals surface area (Å²) in [5, 5.41) is 11.2. The lowest BCUT2D eigenvalue weighted by molar-refractivity contribution is 0.300. The lowest BCUT2D eigenvalue weighted by Crippen LogP contribution is -2.39. The number of hydrogen-bond acceptors (Lipinski definition) is 3. The highest BCUT2D eigenvalue weighted by atomic mass is 127. The summed E-state index contributed by atoms with van der Waals surface area (Å²) >= 11 is 0. The highest BCUT2D eigenvalue weighted by Crippen LogP contribution is 2.02. The van der Waals surface area contributed by atoms with Crippen LogP contribution in [0.15, 0.2) is 11.1 Å². The fraction of sp³-hybridized carbons (Fsp3) is 0.765. The van der Waals surface area contributed by atoms with Gasteiger partial charge in [0.1, 0.15) is 0 Å². The van der Waals surface area contributed by atoms with Crippen LogP contribution < -0.4 is 10.6 Å². The SMILES string of the molecule is CCN(CC)CCCNC(=NC)NCCCn1nc(C)cc1C.I. The summed E-state index contributed by atoms with van der Waals surface area (Å²) in [7, 11) is 1.82. The van der Waals surface area contributed by atoms with E-state index in [1.54, 1.807) is 0 Å². The number of aryl methyl sites for hydroxylation is 3. The maximum atomic E-state index is 4.48. The highest BCUT2D eigenvalue weighted by molar-refractivity contribution is 14.0. The Hall–Kier alpha value is -0.830. The van der Waals surface area contributed by atoms with Crippen molar-refractivity contribution in [2.75, 3.05) is 39.8 Å². The molecule has 0 atom stereocenters. The van der Waals surface area contributed by atoms with Gasteiger partial charge in [-0.2, -0.15) is 5.10 Å². The normalized spacial score (nSPS) is 11.5. The van der Waals surface area contributed by atoms with E-state index in [1.165, 1.54) is 5.69 Å². The van der Waals surface area contributed by atoms with Crippen molar-refractivity contribution >= 4 is 29.9 Å². The van der Waals surface area contributed by atoms with E-state index in [0.717, 1.165) is 63.8 Å². The molecule has 1 rings (SSSR count). The monoisotopic (exact) mass is 450 g/mol. The molecule has 0 saturated carbocycles. The Labute approximate surface area is 164 Å². The second kappa shape index (κ2) is 13.5. The van der Waals surface area contributed by atoms with Crippen molar-refractivity contribution in [1.29, 1.82) is 0 Å². The summed E-state index contributed by atoms with van der Waals surface area (Å²) in [5.41, 5.74) is 2.31. The van der Waals surface area contributed by atoms with Crippen LogP contribution in [0.3, 0.4) is 0 Å². The van der Waals surface area contributed by atoms with Crippen LogP contribution in [0.4, 0.5) is 0 Å². The maximum absolute atomic E-state index is 4.48. The zero-order valence-electron chi connectivity index (χ0n) is 15.9. The largest absolute Gasteiger partial charge is 0.356 e. The average Bonchev–Trinajstić information content (AvgIpc) is 2.87. The molecule has 1 aromatic heterocycles. The quantitative estimate of drug-likeness (QED) is 0.249. The standard InChI is InChI=1S/C17H34N6.HI/c1-6-22(7-2)12-8-10-19-17(18-5)20-11-9-13-23-16(4)14-15(3)21-23;/h14H,6-13H2,1-5H3,(H2,18,19,20);1H. The smallest absolute Gasteiger partial charge is 0.190 e. The van der Waals surface area contributed by atoms with Crippen molar-refractivity contribution in [2.45, 2.75) is 47.1 Å². The van der Waals surface area contributed by atoms with Crippen molar-refractivity contribution in [3.63, 3.8) is 0 Å². The van der Waals surface area contributed by atoms with Crippen LogP contribution >= 0.6 is 24.0 Å². The van der Waals surface area contributed by atoms with Crippen molar-refractivity contribution in [2.24, 2.45) is 4.99 Å². The van der Waals surface area contributed by atoms with Gasteiger partial charge in [-0.25, -0.2) is 0 Å².